The van der Waals surface area contributed by atoms with Gasteiger partial charge in [-0.1, -0.05) is 18.2 Å². The molecule has 9 heteroatoms. The Balaban J connectivity index is 1.95. The zero-order valence-electron chi connectivity index (χ0n) is 14.3. The zero-order valence-corrected chi connectivity index (χ0v) is 15.2. The highest BCUT2D eigenvalue weighted by Gasteiger charge is 2.40. The number of alkyl halides is 2. The number of rotatable bonds is 3. The predicted molar refractivity (Wildman–Crippen MR) is 96.3 cm³/mol. The van der Waals surface area contributed by atoms with Crippen LogP contribution in [0, 0.1) is 0 Å². The summed E-state index contributed by atoms with van der Waals surface area (Å²) >= 11 is 0. The highest BCUT2D eigenvalue weighted by Crippen LogP contribution is 2.44. The van der Waals surface area contributed by atoms with Crippen LogP contribution in [0.25, 0.3) is 11.2 Å². The number of nitrogen functional groups attached to an aromatic ring is 1. The third-order valence-electron chi connectivity index (χ3n) is 4.92. The molecule has 1 saturated carbocycles. The van der Waals surface area contributed by atoms with E-state index in [0.29, 0.717) is 12.8 Å². The quantitative estimate of drug-likeness (QED) is 0.735. The van der Waals surface area contributed by atoms with E-state index in [-0.39, 0.29) is 33.2 Å². The lowest BCUT2D eigenvalue weighted by molar-refractivity contribution is -0.0488. The van der Waals surface area contributed by atoms with Gasteiger partial charge in [-0.2, -0.15) is 0 Å². The molecule has 0 aliphatic heterocycles. The summed E-state index contributed by atoms with van der Waals surface area (Å²) < 4.78 is 55.7. The second-order valence-electron chi connectivity index (χ2n) is 6.74. The van der Waals surface area contributed by atoms with Crippen LogP contribution in [-0.4, -0.2) is 28.9 Å². The molecule has 2 N–H and O–H groups in total. The van der Waals surface area contributed by atoms with Crippen molar-refractivity contribution < 1.29 is 17.2 Å². The number of aromatic nitrogens is 3. The number of hydrogen-bond acceptors (Lipinski definition) is 5. The van der Waals surface area contributed by atoms with Crippen LogP contribution in [-0.2, 0) is 9.84 Å². The molecule has 1 atom stereocenters. The summed E-state index contributed by atoms with van der Waals surface area (Å²) in [7, 11) is -3.98. The Hall–Kier alpha value is -2.55. The number of fused-ring (bicyclic) bond motifs is 1. The first-order valence-corrected chi connectivity index (χ1v) is 10.1. The Morgan fingerprint density at radius 2 is 1.85 bits per heavy atom. The molecule has 27 heavy (non-hydrogen) atoms. The van der Waals surface area contributed by atoms with Crippen LogP contribution in [0.3, 0.4) is 0 Å². The molecular formula is C18H18F2N4O2S. The maximum absolute atomic E-state index is 14.0. The normalized spacial score (nSPS) is 20.0. The lowest BCUT2D eigenvalue weighted by atomic mass is 9.92. The fourth-order valence-electron chi connectivity index (χ4n) is 3.73. The summed E-state index contributed by atoms with van der Waals surface area (Å²) in [5.74, 6) is -2.91. The van der Waals surface area contributed by atoms with E-state index in [1.54, 1.807) is 18.2 Å². The van der Waals surface area contributed by atoms with Gasteiger partial charge in [-0.25, -0.2) is 27.2 Å². The summed E-state index contributed by atoms with van der Waals surface area (Å²) in [6.45, 7) is 0. The lowest BCUT2D eigenvalue weighted by Crippen LogP contribution is -2.28. The van der Waals surface area contributed by atoms with Crippen molar-refractivity contribution in [2.24, 2.45) is 0 Å². The third kappa shape index (κ3) is 2.95. The first-order chi connectivity index (χ1) is 12.8. The van der Waals surface area contributed by atoms with Crippen LogP contribution in [0.2, 0.25) is 0 Å². The van der Waals surface area contributed by atoms with Gasteiger partial charge in [0.1, 0.15) is 16.2 Å². The van der Waals surface area contributed by atoms with Gasteiger partial charge in [0, 0.05) is 31.3 Å². The molecule has 2 aromatic heterocycles. The Kier molecular flexibility index (Phi) is 4.14. The van der Waals surface area contributed by atoms with E-state index < -0.39 is 28.2 Å². The average molecular weight is 392 g/mol. The highest BCUT2D eigenvalue weighted by atomic mass is 32.2. The Morgan fingerprint density at radius 3 is 2.56 bits per heavy atom. The Morgan fingerprint density at radius 1 is 1.15 bits per heavy atom. The van der Waals surface area contributed by atoms with Crippen LogP contribution >= 0.6 is 0 Å². The van der Waals surface area contributed by atoms with Crippen LogP contribution in [0.1, 0.15) is 31.7 Å². The fraction of sp³-hybridized carbons (Fsp3) is 0.333. The van der Waals surface area contributed by atoms with Gasteiger partial charge in [-0.3, -0.25) is 0 Å². The molecule has 1 fully saturated rings. The van der Waals surface area contributed by atoms with Crippen molar-refractivity contribution in [2.75, 3.05) is 5.73 Å². The monoisotopic (exact) mass is 392 g/mol. The van der Waals surface area contributed by atoms with Gasteiger partial charge >= 0.3 is 0 Å². The molecule has 6 nitrogen and oxygen atoms in total. The number of sulfone groups is 1. The third-order valence-corrected chi connectivity index (χ3v) is 6.75. The standard InChI is InChI=1S/C18H18F2N4O2S/c19-18(20)8-4-5-12(11-18)24-16(21)15(14-17(24)23-10-9-22-14)27(25,26)13-6-2-1-3-7-13/h1-3,6-7,9-10,12H,4-5,8,11,21H2. The molecule has 0 spiro atoms. The summed E-state index contributed by atoms with van der Waals surface area (Å²) in [4.78, 5) is 8.25. The maximum atomic E-state index is 14.0. The molecule has 0 bridgehead atoms. The SMILES string of the molecule is Nc1c(S(=O)(=O)c2ccccc2)c2nccnc2n1C1CCCC(F)(F)C1. The number of hydrogen-bond donors (Lipinski definition) is 1. The molecule has 1 aromatic carbocycles. The van der Waals surface area contributed by atoms with Gasteiger partial charge < -0.3 is 10.3 Å². The van der Waals surface area contributed by atoms with Gasteiger partial charge in [0.25, 0.3) is 0 Å². The molecule has 0 radical (unpaired) electrons. The van der Waals surface area contributed by atoms with E-state index in [9.17, 15) is 17.2 Å². The second kappa shape index (κ2) is 6.26. The number of anilines is 1. The van der Waals surface area contributed by atoms with E-state index in [4.69, 9.17) is 5.73 Å². The van der Waals surface area contributed by atoms with Crippen molar-refractivity contribution in [3.8, 4) is 0 Å². The smallest absolute Gasteiger partial charge is 0.250 e. The van der Waals surface area contributed by atoms with Crippen LogP contribution in [0.5, 0.6) is 0 Å². The first kappa shape index (κ1) is 17.8. The molecule has 142 valence electrons. The fourth-order valence-corrected chi connectivity index (χ4v) is 5.25. The molecule has 0 saturated heterocycles. The van der Waals surface area contributed by atoms with E-state index in [1.165, 1.54) is 29.1 Å². The van der Waals surface area contributed by atoms with Crippen molar-refractivity contribution in [1.29, 1.82) is 0 Å². The van der Waals surface area contributed by atoms with Gasteiger partial charge in [0.15, 0.2) is 5.65 Å². The van der Waals surface area contributed by atoms with Crippen LogP contribution in [0.4, 0.5) is 14.6 Å². The van der Waals surface area contributed by atoms with E-state index in [1.807, 2.05) is 0 Å². The number of benzene rings is 1. The minimum Gasteiger partial charge on any atom is -0.384 e. The largest absolute Gasteiger partial charge is 0.384 e. The van der Waals surface area contributed by atoms with Crippen molar-refractivity contribution >= 4 is 26.8 Å². The van der Waals surface area contributed by atoms with Gasteiger partial charge in [-0.05, 0) is 25.0 Å². The van der Waals surface area contributed by atoms with Crippen molar-refractivity contribution in [1.82, 2.24) is 14.5 Å². The summed E-state index contributed by atoms with van der Waals surface area (Å²) in [6.07, 6.45) is 3.00. The summed E-state index contributed by atoms with van der Waals surface area (Å²) in [5, 5.41) is 0. The summed E-state index contributed by atoms with van der Waals surface area (Å²) in [6, 6.07) is 7.21. The van der Waals surface area contributed by atoms with Crippen LogP contribution < -0.4 is 5.73 Å². The van der Waals surface area contributed by atoms with Crippen molar-refractivity contribution in [3.63, 3.8) is 0 Å². The van der Waals surface area contributed by atoms with Gasteiger partial charge in [0.2, 0.25) is 15.8 Å². The van der Waals surface area contributed by atoms with Gasteiger partial charge in [0.05, 0.1) is 4.90 Å². The maximum Gasteiger partial charge on any atom is 0.250 e. The average Bonchev–Trinajstić information content (AvgIpc) is 2.94. The molecule has 3 aromatic rings. The highest BCUT2D eigenvalue weighted by molar-refractivity contribution is 7.92. The van der Waals surface area contributed by atoms with Gasteiger partial charge in [-0.15, -0.1) is 0 Å². The molecule has 1 aliphatic rings. The predicted octanol–water partition coefficient (Wildman–Crippen LogP) is 3.60. The van der Waals surface area contributed by atoms with Crippen molar-refractivity contribution in [2.45, 2.75) is 47.4 Å². The zero-order chi connectivity index (χ0) is 19.2. The van der Waals surface area contributed by atoms with Crippen LogP contribution in [0.15, 0.2) is 52.5 Å². The molecule has 1 aliphatic carbocycles. The topological polar surface area (TPSA) is 90.9 Å². The lowest BCUT2D eigenvalue weighted by Gasteiger charge is -2.30. The number of nitrogens with zero attached hydrogens (tertiary/aromatic N) is 3. The molecular weight excluding hydrogens is 374 g/mol. The number of halogens is 2. The Bertz CT molecular complexity index is 1100. The molecule has 4 rings (SSSR count). The number of nitrogens with two attached hydrogens (primary N) is 1. The van der Waals surface area contributed by atoms with E-state index in [0.717, 1.165) is 0 Å². The summed E-state index contributed by atoms with van der Waals surface area (Å²) in [5.41, 5.74) is 6.54. The molecule has 2 heterocycles. The molecule has 0 amide bonds. The van der Waals surface area contributed by atoms with Crippen molar-refractivity contribution in [3.05, 3.63) is 42.7 Å². The minimum absolute atomic E-state index is 0.0652. The van der Waals surface area contributed by atoms with E-state index in [2.05, 4.69) is 9.97 Å². The Labute approximate surface area is 155 Å². The van der Waals surface area contributed by atoms with E-state index >= 15 is 0 Å². The second-order valence-corrected chi connectivity index (χ2v) is 8.62. The molecule has 1 unspecified atom stereocenters. The first-order valence-electron chi connectivity index (χ1n) is 8.59. The minimum atomic E-state index is -3.98.